The van der Waals surface area contributed by atoms with Gasteiger partial charge in [-0.2, -0.15) is 0 Å². The van der Waals surface area contributed by atoms with E-state index in [0.29, 0.717) is 17.0 Å². The minimum atomic E-state index is -0.288. The standard InChI is InChI=1S/C11H12BrClO2/c1-2-15-11(14)10(7-12)8-4-3-5-9(13)6-8/h3-6,10H,2,7H2,1H3. The molecule has 0 aliphatic heterocycles. The maximum atomic E-state index is 11.6. The average molecular weight is 292 g/mol. The molecule has 15 heavy (non-hydrogen) atoms. The SMILES string of the molecule is CCOC(=O)C(CBr)c1cccc(Cl)c1. The van der Waals surface area contributed by atoms with Gasteiger partial charge in [-0.15, -0.1) is 0 Å². The zero-order valence-corrected chi connectivity index (χ0v) is 10.7. The molecule has 1 aromatic rings. The highest BCUT2D eigenvalue weighted by Gasteiger charge is 2.20. The van der Waals surface area contributed by atoms with Gasteiger partial charge in [-0.1, -0.05) is 39.7 Å². The number of benzene rings is 1. The molecule has 1 atom stereocenters. The van der Waals surface area contributed by atoms with Crippen molar-refractivity contribution >= 4 is 33.5 Å². The van der Waals surface area contributed by atoms with E-state index in [0.717, 1.165) is 5.56 Å². The topological polar surface area (TPSA) is 26.3 Å². The lowest BCUT2D eigenvalue weighted by molar-refractivity contribution is -0.144. The molecular formula is C11H12BrClO2. The van der Waals surface area contributed by atoms with Crippen LogP contribution in [0.4, 0.5) is 0 Å². The number of alkyl halides is 1. The van der Waals surface area contributed by atoms with Gasteiger partial charge in [0.2, 0.25) is 0 Å². The van der Waals surface area contributed by atoms with Gasteiger partial charge in [-0.3, -0.25) is 4.79 Å². The van der Waals surface area contributed by atoms with Gasteiger partial charge in [-0.05, 0) is 24.6 Å². The predicted octanol–water partition coefficient (Wildman–Crippen LogP) is 3.38. The summed E-state index contributed by atoms with van der Waals surface area (Å²) >= 11 is 9.16. The first-order chi connectivity index (χ1) is 7.19. The van der Waals surface area contributed by atoms with Crippen molar-refractivity contribution in [3.63, 3.8) is 0 Å². The molecule has 0 amide bonds. The third-order valence-corrected chi connectivity index (χ3v) is 2.86. The highest BCUT2D eigenvalue weighted by atomic mass is 79.9. The molecule has 0 aromatic heterocycles. The van der Waals surface area contributed by atoms with Crippen LogP contribution in [0.2, 0.25) is 5.02 Å². The van der Waals surface area contributed by atoms with E-state index in [2.05, 4.69) is 15.9 Å². The summed E-state index contributed by atoms with van der Waals surface area (Å²) in [4.78, 5) is 11.6. The molecule has 0 radical (unpaired) electrons. The van der Waals surface area contributed by atoms with Crippen molar-refractivity contribution in [2.24, 2.45) is 0 Å². The second-order valence-corrected chi connectivity index (χ2v) is 4.10. The Labute approximate surface area is 103 Å². The monoisotopic (exact) mass is 290 g/mol. The lowest BCUT2D eigenvalue weighted by Crippen LogP contribution is -2.17. The average Bonchev–Trinajstić information content (AvgIpc) is 2.19. The molecule has 0 N–H and O–H groups in total. The summed E-state index contributed by atoms with van der Waals surface area (Å²) in [6.45, 7) is 2.18. The van der Waals surface area contributed by atoms with Crippen molar-refractivity contribution in [2.75, 3.05) is 11.9 Å². The zero-order valence-electron chi connectivity index (χ0n) is 8.37. The number of carbonyl (C=O) groups is 1. The Kier molecular flexibility index (Phi) is 5.12. The second kappa shape index (κ2) is 6.13. The lowest BCUT2D eigenvalue weighted by Gasteiger charge is -2.13. The van der Waals surface area contributed by atoms with Crippen molar-refractivity contribution in [3.05, 3.63) is 34.9 Å². The predicted molar refractivity (Wildman–Crippen MR) is 64.6 cm³/mol. The first-order valence-electron chi connectivity index (χ1n) is 4.67. The molecule has 0 heterocycles. The quantitative estimate of drug-likeness (QED) is 0.628. The number of hydrogen-bond donors (Lipinski definition) is 0. The molecule has 0 fully saturated rings. The maximum Gasteiger partial charge on any atom is 0.314 e. The summed E-state index contributed by atoms with van der Waals surface area (Å²) in [7, 11) is 0. The fourth-order valence-corrected chi connectivity index (χ4v) is 2.09. The van der Waals surface area contributed by atoms with Crippen LogP contribution in [0.15, 0.2) is 24.3 Å². The van der Waals surface area contributed by atoms with Gasteiger partial charge < -0.3 is 4.74 Å². The van der Waals surface area contributed by atoms with E-state index in [1.165, 1.54) is 0 Å². The van der Waals surface area contributed by atoms with E-state index in [9.17, 15) is 4.79 Å². The summed E-state index contributed by atoms with van der Waals surface area (Å²) in [5, 5.41) is 1.16. The largest absolute Gasteiger partial charge is 0.465 e. The Hall–Kier alpha value is -0.540. The van der Waals surface area contributed by atoms with Crippen LogP contribution in [0, 0.1) is 0 Å². The highest BCUT2D eigenvalue weighted by molar-refractivity contribution is 9.09. The van der Waals surface area contributed by atoms with Crippen LogP contribution in [-0.4, -0.2) is 17.9 Å². The smallest absolute Gasteiger partial charge is 0.314 e. The van der Waals surface area contributed by atoms with Crippen molar-refractivity contribution in [3.8, 4) is 0 Å². The fraction of sp³-hybridized carbons (Fsp3) is 0.364. The molecule has 0 aliphatic rings. The highest BCUT2D eigenvalue weighted by Crippen LogP contribution is 2.22. The van der Waals surface area contributed by atoms with Gasteiger partial charge in [-0.25, -0.2) is 0 Å². The van der Waals surface area contributed by atoms with Crippen LogP contribution in [0.3, 0.4) is 0 Å². The van der Waals surface area contributed by atoms with E-state index in [4.69, 9.17) is 16.3 Å². The van der Waals surface area contributed by atoms with Crippen molar-refractivity contribution < 1.29 is 9.53 Å². The van der Waals surface area contributed by atoms with Crippen LogP contribution >= 0.6 is 27.5 Å². The number of rotatable bonds is 4. The van der Waals surface area contributed by atoms with Crippen LogP contribution in [0.5, 0.6) is 0 Å². The molecule has 0 saturated heterocycles. The minimum absolute atomic E-state index is 0.225. The molecule has 0 aliphatic carbocycles. The molecule has 1 unspecified atom stereocenters. The molecule has 0 spiro atoms. The van der Waals surface area contributed by atoms with E-state index in [1.54, 1.807) is 19.1 Å². The Balaban J connectivity index is 2.87. The van der Waals surface area contributed by atoms with E-state index < -0.39 is 0 Å². The number of halogens is 2. The summed E-state index contributed by atoms with van der Waals surface area (Å²) in [6, 6.07) is 7.26. The van der Waals surface area contributed by atoms with Gasteiger partial charge in [0.15, 0.2) is 0 Å². The summed E-state index contributed by atoms with van der Waals surface area (Å²) in [5.41, 5.74) is 0.873. The number of hydrogen-bond acceptors (Lipinski definition) is 2. The van der Waals surface area contributed by atoms with Crippen molar-refractivity contribution in [2.45, 2.75) is 12.8 Å². The van der Waals surface area contributed by atoms with Gasteiger partial charge in [0, 0.05) is 10.4 Å². The summed E-state index contributed by atoms with van der Waals surface area (Å²) in [6.07, 6.45) is 0. The van der Waals surface area contributed by atoms with Gasteiger partial charge in [0.25, 0.3) is 0 Å². The molecule has 2 nitrogen and oxygen atoms in total. The zero-order chi connectivity index (χ0) is 11.3. The number of ether oxygens (including phenoxy) is 1. The van der Waals surface area contributed by atoms with Crippen molar-refractivity contribution in [1.82, 2.24) is 0 Å². The summed E-state index contributed by atoms with van der Waals surface area (Å²) in [5.74, 6) is -0.514. The van der Waals surface area contributed by atoms with Crippen LogP contribution in [-0.2, 0) is 9.53 Å². The minimum Gasteiger partial charge on any atom is -0.465 e. The van der Waals surface area contributed by atoms with E-state index in [1.807, 2.05) is 12.1 Å². The normalized spacial score (nSPS) is 12.2. The molecular weight excluding hydrogens is 279 g/mol. The molecule has 1 aromatic carbocycles. The Bertz CT molecular complexity index is 341. The maximum absolute atomic E-state index is 11.6. The van der Waals surface area contributed by atoms with Crippen molar-refractivity contribution in [1.29, 1.82) is 0 Å². The Morgan fingerprint density at radius 2 is 2.33 bits per heavy atom. The third kappa shape index (κ3) is 3.50. The summed E-state index contributed by atoms with van der Waals surface area (Å²) < 4.78 is 4.98. The number of carbonyl (C=O) groups excluding carboxylic acids is 1. The first kappa shape index (κ1) is 12.5. The second-order valence-electron chi connectivity index (χ2n) is 3.01. The van der Waals surface area contributed by atoms with Gasteiger partial charge in [0.05, 0.1) is 12.5 Å². The van der Waals surface area contributed by atoms with E-state index in [-0.39, 0.29) is 11.9 Å². The lowest BCUT2D eigenvalue weighted by atomic mass is 10.0. The Morgan fingerprint density at radius 1 is 1.60 bits per heavy atom. The van der Waals surface area contributed by atoms with Crippen LogP contribution in [0.25, 0.3) is 0 Å². The molecule has 4 heteroatoms. The van der Waals surface area contributed by atoms with E-state index >= 15 is 0 Å². The fourth-order valence-electron chi connectivity index (χ4n) is 1.25. The molecule has 0 saturated carbocycles. The molecule has 0 bridgehead atoms. The van der Waals surface area contributed by atoms with Crippen LogP contribution in [0.1, 0.15) is 18.4 Å². The van der Waals surface area contributed by atoms with Crippen LogP contribution < -0.4 is 0 Å². The van der Waals surface area contributed by atoms with Gasteiger partial charge >= 0.3 is 5.97 Å². The molecule has 82 valence electrons. The number of esters is 1. The van der Waals surface area contributed by atoms with Gasteiger partial charge in [0.1, 0.15) is 0 Å². The molecule has 1 rings (SSSR count). The Morgan fingerprint density at radius 3 is 2.87 bits per heavy atom. The first-order valence-corrected chi connectivity index (χ1v) is 6.17. The third-order valence-electron chi connectivity index (χ3n) is 1.98.